The first-order valence-electron chi connectivity index (χ1n) is 20.1. The van der Waals surface area contributed by atoms with Crippen molar-refractivity contribution in [2.45, 2.75) is 64.4 Å². The van der Waals surface area contributed by atoms with E-state index in [1.54, 1.807) is 42.7 Å². The second kappa shape index (κ2) is 15.2. The Labute approximate surface area is 338 Å². The van der Waals surface area contributed by atoms with Crippen LogP contribution in [0.25, 0.3) is 5.65 Å². The average molecular weight is 806 g/mol. The molecular weight excluding hydrogens is 762 g/mol. The number of imide groups is 2. The Kier molecular flexibility index (Phi) is 9.85. The number of anilines is 2. The second-order valence-electron chi connectivity index (χ2n) is 16.4. The van der Waals surface area contributed by atoms with Gasteiger partial charge in [-0.1, -0.05) is 0 Å². The van der Waals surface area contributed by atoms with Gasteiger partial charge in [-0.15, -0.1) is 0 Å². The fourth-order valence-electron chi connectivity index (χ4n) is 8.92. The van der Waals surface area contributed by atoms with Crippen LogP contribution >= 0.6 is 0 Å². The quantitative estimate of drug-likeness (QED) is 0.213. The molecule has 0 aliphatic carbocycles. The lowest BCUT2D eigenvalue weighted by Gasteiger charge is -2.44. The van der Waals surface area contributed by atoms with E-state index in [9.17, 15) is 28.8 Å². The normalized spacial score (nSPS) is 20.6. The Morgan fingerprint density at radius 3 is 2.53 bits per heavy atom. The lowest BCUT2D eigenvalue weighted by molar-refractivity contribution is -0.136. The largest absolute Gasteiger partial charge is 0.489 e. The Balaban J connectivity index is 0.760. The topological polar surface area (TPSA) is 179 Å². The fourth-order valence-corrected chi connectivity index (χ4v) is 8.92. The van der Waals surface area contributed by atoms with Crippen molar-refractivity contribution in [2.75, 3.05) is 49.5 Å². The third-order valence-electron chi connectivity index (χ3n) is 12.0. The van der Waals surface area contributed by atoms with Gasteiger partial charge in [-0.3, -0.25) is 39.0 Å². The highest BCUT2D eigenvalue weighted by atomic mass is 19.1. The summed E-state index contributed by atoms with van der Waals surface area (Å²) in [7, 11) is 0. The second-order valence-corrected chi connectivity index (χ2v) is 16.4. The number of fused-ring (bicyclic) bond motifs is 3. The van der Waals surface area contributed by atoms with Gasteiger partial charge in [-0.2, -0.15) is 5.10 Å². The number of hydrogen-bond acceptors (Lipinski definition) is 11. The molecule has 2 aromatic heterocycles. The van der Waals surface area contributed by atoms with Crippen LogP contribution in [0, 0.1) is 11.8 Å². The van der Waals surface area contributed by atoms with Gasteiger partial charge in [-0.05, 0) is 81.0 Å². The van der Waals surface area contributed by atoms with Gasteiger partial charge in [0.2, 0.25) is 11.8 Å². The van der Waals surface area contributed by atoms with Crippen LogP contribution in [-0.4, -0.2) is 122 Å². The highest BCUT2D eigenvalue weighted by molar-refractivity contribution is 6.23. The van der Waals surface area contributed by atoms with Gasteiger partial charge in [0, 0.05) is 75.3 Å². The number of hydrogen-bond donors (Lipinski definition) is 2. The molecule has 4 aromatic rings. The minimum Gasteiger partial charge on any atom is -0.489 e. The molecule has 59 heavy (non-hydrogen) atoms. The van der Waals surface area contributed by atoms with Crippen molar-refractivity contribution in [3.8, 4) is 5.75 Å². The van der Waals surface area contributed by atoms with Crippen LogP contribution in [0.3, 0.4) is 0 Å². The number of amides is 6. The number of nitrogens with one attached hydrogen (secondary N) is 2. The van der Waals surface area contributed by atoms with Gasteiger partial charge in [0.1, 0.15) is 23.5 Å². The third kappa shape index (κ3) is 7.17. The van der Waals surface area contributed by atoms with E-state index in [4.69, 9.17) is 4.74 Å². The van der Waals surface area contributed by atoms with Gasteiger partial charge >= 0.3 is 0 Å². The first kappa shape index (κ1) is 38.3. The number of piperidine rings is 2. The molecule has 5 aliphatic heterocycles. The summed E-state index contributed by atoms with van der Waals surface area (Å²) in [6.07, 6.45) is 5.30. The maximum atomic E-state index is 15.8. The van der Waals surface area contributed by atoms with Gasteiger partial charge in [0.05, 0.1) is 35.7 Å². The van der Waals surface area contributed by atoms with Crippen LogP contribution in [0.4, 0.5) is 15.8 Å². The van der Waals surface area contributed by atoms with Crippen molar-refractivity contribution in [3.05, 3.63) is 82.8 Å². The zero-order valence-electron chi connectivity index (χ0n) is 32.7. The molecule has 306 valence electrons. The molecule has 16 nitrogen and oxygen atoms in total. The average Bonchev–Trinajstić information content (AvgIpc) is 3.84. The lowest BCUT2D eigenvalue weighted by atomic mass is 9.90. The van der Waals surface area contributed by atoms with Crippen molar-refractivity contribution in [1.82, 2.24) is 34.6 Å². The predicted octanol–water partition coefficient (Wildman–Crippen LogP) is 3.31. The Bertz CT molecular complexity index is 2400. The molecule has 2 atom stereocenters. The molecule has 3 fully saturated rings. The van der Waals surface area contributed by atoms with Gasteiger partial charge in [0.15, 0.2) is 5.65 Å². The zero-order chi connectivity index (χ0) is 41.1. The molecule has 3 saturated heterocycles. The van der Waals surface area contributed by atoms with Crippen molar-refractivity contribution in [3.63, 3.8) is 0 Å². The van der Waals surface area contributed by atoms with E-state index in [1.165, 1.54) is 15.6 Å². The van der Waals surface area contributed by atoms with Crippen molar-refractivity contribution >= 4 is 52.5 Å². The third-order valence-corrected chi connectivity index (χ3v) is 12.0. The van der Waals surface area contributed by atoms with Gasteiger partial charge in [0.25, 0.3) is 23.6 Å². The highest BCUT2D eigenvalue weighted by Gasteiger charge is 2.45. The van der Waals surface area contributed by atoms with Gasteiger partial charge < -0.3 is 24.8 Å². The monoisotopic (exact) mass is 805 g/mol. The minimum absolute atomic E-state index is 0.0271. The molecule has 9 rings (SSSR count). The Morgan fingerprint density at radius 2 is 1.76 bits per heavy atom. The SMILES string of the molecule is CC(C)Oc1cc2c(cc1NC(=O)c1cnn3cccnc13)CN(C[C@@H](F)C1CN(CC3CCN(c4ccc5c(c4)C(=O)N(C4CCC(=O)NC4=O)C5=O)CC3)C1)C2=O. The van der Waals surface area contributed by atoms with E-state index in [0.29, 0.717) is 47.2 Å². The molecule has 2 aromatic carbocycles. The number of carbonyl (C=O) groups excluding carboxylic acids is 6. The molecule has 7 heterocycles. The van der Waals surface area contributed by atoms with Crippen LogP contribution in [0.15, 0.2) is 55.0 Å². The molecule has 0 bridgehead atoms. The van der Waals surface area contributed by atoms with E-state index in [0.717, 1.165) is 43.1 Å². The maximum Gasteiger partial charge on any atom is 0.262 e. The number of aromatic nitrogens is 3. The standard InChI is InChI=1S/C42H44FN9O7/c1-23(2)59-35-16-29-25(14-33(35)46-38(54)31-17-45-51-11-3-10-44-37(31)51)21-50(40(29)56)22-32(43)26-19-48(20-26)18-24-8-12-49(13-9-24)27-4-5-28-30(15-27)42(58)52(41(28)57)34-6-7-36(53)47-39(34)55/h3-5,10-11,14-17,23-24,26,32,34H,6-9,12-13,18-22H2,1-2H3,(H,46,54)(H,47,53,55)/t32-,34?/m1/s1. The van der Waals surface area contributed by atoms with E-state index in [1.807, 2.05) is 19.9 Å². The van der Waals surface area contributed by atoms with Crippen LogP contribution in [0.5, 0.6) is 5.75 Å². The lowest BCUT2D eigenvalue weighted by Crippen LogP contribution is -2.54. The number of rotatable bonds is 11. The summed E-state index contributed by atoms with van der Waals surface area (Å²) in [5, 5.41) is 9.33. The number of ether oxygens (including phenoxy) is 1. The molecule has 6 amide bonds. The number of nitrogens with zero attached hydrogens (tertiary/aromatic N) is 7. The van der Waals surface area contributed by atoms with Crippen LogP contribution in [0.2, 0.25) is 0 Å². The van der Waals surface area contributed by atoms with Gasteiger partial charge in [-0.25, -0.2) is 13.9 Å². The molecule has 0 saturated carbocycles. The van der Waals surface area contributed by atoms with E-state index < -0.39 is 41.7 Å². The summed E-state index contributed by atoms with van der Waals surface area (Å²) in [5.74, 6) is -2.20. The summed E-state index contributed by atoms with van der Waals surface area (Å²) in [6.45, 7) is 7.50. The highest BCUT2D eigenvalue weighted by Crippen LogP contribution is 2.37. The van der Waals surface area contributed by atoms with Crippen molar-refractivity contribution in [2.24, 2.45) is 11.8 Å². The molecular formula is C42H44FN9O7. The number of likely N-dealkylation sites (tertiary alicyclic amines) is 1. The summed E-state index contributed by atoms with van der Waals surface area (Å²) in [5.41, 5.74) is 3.57. The fraction of sp³-hybridized carbons (Fsp3) is 0.429. The summed E-state index contributed by atoms with van der Waals surface area (Å²) in [6, 6.07) is 9.28. The zero-order valence-corrected chi connectivity index (χ0v) is 32.7. The number of halogens is 1. The number of alkyl halides is 1. The predicted molar refractivity (Wildman–Crippen MR) is 211 cm³/mol. The number of carbonyl (C=O) groups is 6. The van der Waals surface area contributed by atoms with Crippen molar-refractivity contribution in [1.29, 1.82) is 0 Å². The minimum atomic E-state index is -1.19. The number of benzene rings is 2. The summed E-state index contributed by atoms with van der Waals surface area (Å²) >= 11 is 0. The first-order valence-corrected chi connectivity index (χ1v) is 20.1. The Hall–Kier alpha value is -6.23. The first-order chi connectivity index (χ1) is 28.4. The summed E-state index contributed by atoms with van der Waals surface area (Å²) in [4.78, 5) is 88.6. The molecule has 0 radical (unpaired) electrons. The Morgan fingerprint density at radius 1 is 0.983 bits per heavy atom. The van der Waals surface area contributed by atoms with Crippen LogP contribution in [0.1, 0.15) is 86.5 Å². The maximum absolute atomic E-state index is 15.8. The molecule has 0 spiro atoms. The summed E-state index contributed by atoms with van der Waals surface area (Å²) < 4.78 is 23.3. The molecule has 5 aliphatic rings. The van der Waals surface area contributed by atoms with E-state index in [2.05, 4.69) is 30.5 Å². The van der Waals surface area contributed by atoms with Crippen molar-refractivity contribution < 1.29 is 37.9 Å². The molecule has 2 N–H and O–H groups in total. The molecule has 17 heteroatoms. The van der Waals surface area contributed by atoms with Crippen LogP contribution < -0.4 is 20.3 Å². The van der Waals surface area contributed by atoms with E-state index >= 15 is 4.39 Å². The smallest absolute Gasteiger partial charge is 0.262 e. The molecule has 1 unspecified atom stereocenters. The van der Waals surface area contributed by atoms with E-state index in [-0.39, 0.29) is 60.6 Å². The van der Waals surface area contributed by atoms with Crippen LogP contribution in [-0.2, 0) is 16.1 Å².